The van der Waals surface area contributed by atoms with Gasteiger partial charge < -0.3 is 5.11 Å². The molecular formula is C14H31NO. The largest absolute Gasteiger partial charge is 0.378 e. The van der Waals surface area contributed by atoms with Crippen molar-refractivity contribution < 1.29 is 5.11 Å². The Bertz CT molecular complexity index is 157. The predicted molar refractivity (Wildman–Crippen MR) is 71.5 cm³/mol. The molecular weight excluding hydrogens is 198 g/mol. The van der Waals surface area contributed by atoms with E-state index in [0.717, 1.165) is 38.5 Å². The normalized spacial score (nSPS) is 15.8. The summed E-state index contributed by atoms with van der Waals surface area (Å²) in [6.45, 7) is 11.0. The number of hydrogen-bond donors (Lipinski definition) is 1. The third-order valence-corrected chi connectivity index (χ3v) is 3.62. The van der Waals surface area contributed by atoms with Crippen LogP contribution in [0.4, 0.5) is 0 Å². The quantitative estimate of drug-likeness (QED) is 0.608. The van der Waals surface area contributed by atoms with Gasteiger partial charge in [0.2, 0.25) is 0 Å². The first-order valence-corrected chi connectivity index (χ1v) is 7.07. The fraction of sp³-hybridized carbons (Fsp3) is 1.00. The summed E-state index contributed by atoms with van der Waals surface area (Å²) in [5.41, 5.74) is 0. The summed E-state index contributed by atoms with van der Waals surface area (Å²) >= 11 is 0. The fourth-order valence-electron chi connectivity index (χ4n) is 2.35. The molecule has 0 fully saturated rings. The molecule has 0 rings (SSSR count). The van der Waals surface area contributed by atoms with Gasteiger partial charge in [-0.1, -0.05) is 34.1 Å². The van der Waals surface area contributed by atoms with Crippen molar-refractivity contribution in [2.75, 3.05) is 0 Å². The molecule has 0 heterocycles. The Morgan fingerprint density at radius 2 is 1.56 bits per heavy atom. The summed E-state index contributed by atoms with van der Waals surface area (Å²) in [6.07, 6.45) is 6.31. The van der Waals surface area contributed by atoms with E-state index < -0.39 is 0 Å². The molecule has 0 radical (unpaired) electrons. The van der Waals surface area contributed by atoms with E-state index in [-0.39, 0.29) is 6.23 Å². The molecule has 0 aromatic heterocycles. The van der Waals surface area contributed by atoms with Gasteiger partial charge in [0, 0.05) is 12.1 Å². The summed E-state index contributed by atoms with van der Waals surface area (Å²) in [6, 6.07) is 1.01. The van der Waals surface area contributed by atoms with Gasteiger partial charge in [0.05, 0.1) is 0 Å². The van der Waals surface area contributed by atoms with Crippen LogP contribution < -0.4 is 0 Å². The van der Waals surface area contributed by atoms with Crippen molar-refractivity contribution in [3.63, 3.8) is 0 Å². The Balaban J connectivity index is 4.50. The first-order chi connectivity index (χ1) is 7.62. The molecule has 0 aliphatic heterocycles. The van der Waals surface area contributed by atoms with E-state index in [0.29, 0.717) is 12.1 Å². The fourth-order valence-corrected chi connectivity index (χ4v) is 2.35. The number of unbranched alkanes of at least 4 members (excludes halogenated alkanes) is 1. The van der Waals surface area contributed by atoms with Crippen LogP contribution in [0.3, 0.4) is 0 Å². The Morgan fingerprint density at radius 3 is 1.94 bits per heavy atom. The second-order valence-electron chi connectivity index (χ2n) is 4.80. The molecule has 2 nitrogen and oxygen atoms in total. The number of aliphatic hydroxyl groups excluding tert-OH is 1. The first-order valence-electron chi connectivity index (χ1n) is 7.07. The van der Waals surface area contributed by atoms with Gasteiger partial charge in [0.25, 0.3) is 0 Å². The topological polar surface area (TPSA) is 23.5 Å². The van der Waals surface area contributed by atoms with Crippen LogP contribution in [0.5, 0.6) is 0 Å². The minimum atomic E-state index is -0.250. The van der Waals surface area contributed by atoms with E-state index in [4.69, 9.17) is 0 Å². The van der Waals surface area contributed by atoms with Gasteiger partial charge in [0.15, 0.2) is 0 Å². The highest BCUT2D eigenvalue weighted by molar-refractivity contribution is 4.76. The van der Waals surface area contributed by atoms with E-state index >= 15 is 0 Å². The SMILES string of the molecule is CCCCC(O)N(C(C)CC)C(CC)CC. The minimum absolute atomic E-state index is 0.250. The van der Waals surface area contributed by atoms with Crippen LogP contribution in [-0.4, -0.2) is 28.3 Å². The van der Waals surface area contributed by atoms with Gasteiger partial charge in [0.1, 0.15) is 6.23 Å². The molecule has 0 aromatic carbocycles. The summed E-state index contributed by atoms with van der Waals surface area (Å²) in [4.78, 5) is 2.33. The number of nitrogens with zero attached hydrogens (tertiary/aromatic N) is 1. The Hall–Kier alpha value is -0.0800. The molecule has 98 valence electrons. The predicted octanol–water partition coefficient (Wildman–Crippen LogP) is 3.78. The number of aliphatic hydroxyl groups is 1. The number of rotatable bonds is 9. The van der Waals surface area contributed by atoms with Gasteiger partial charge in [-0.25, -0.2) is 0 Å². The highest BCUT2D eigenvalue weighted by atomic mass is 16.3. The number of hydrogen-bond acceptors (Lipinski definition) is 2. The van der Waals surface area contributed by atoms with Crippen molar-refractivity contribution in [2.24, 2.45) is 0 Å². The molecule has 2 atom stereocenters. The molecule has 0 aliphatic rings. The lowest BCUT2D eigenvalue weighted by Crippen LogP contribution is -2.48. The minimum Gasteiger partial charge on any atom is -0.378 e. The van der Waals surface area contributed by atoms with Crippen molar-refractivity contribution in [3.05, 3.63) is 0 Å². The van der Waals surface area contributed by atoms with Crippen molar-refractivity contribution >= 4 is 0 Å². The zero-order valence-corrected chi connectivity index (χ0v) is 11.9. The van der Waals surface area contributed by atoms with Crippen molar-refractivity contribution in [1.29, 1.82) is 0 Å². The lowest BCUT2D eigenvalue weighted by atomic mass is 10.0. The zero-order chi connectivity index (χ0) is 12.6. The average molecular weight is 229 g/mol. The Kier molecular flexibility index (Phi) is 8.96. The van der Waals surface area contributed by atoms with Crippen molar-refractivity contribution in [3.8, 4) is 0 Å². The molecule has 2 heteroatoms. The third kappa shape index (κ3) is 4.84. The van der Waals surface area contributed by atoms with Crippen LogP contribution >= 0.6 is 0 Å². The lowest BCUT2D eigenvalue weighted by molar-refractivity contribution is -0.0582. The molecule has 1 N–H and O–H groups in total. The maximum atomic E-state index is 10.3. The summed E-state index contributed by atoms with van der Waals surface area (Å²) < 4.78 is 0. The lowest BCUT2D eigenvalue weighted by Gasteiger charge is -2.39. The molecule has 0 aromatic rings. The van der Waals surface area contributed by atoms with E-state index in [2.05, 4.69) is 39.5 Å². The van der Waals surface area contributed by atoms with Crippen molar-refractivity contribution in [1.82, 2.24) is 4.90 Å². The average Bonchev–Trinajstić information content (AvgIpc) is 2.31. The van der Waals surface area contributed by atoms with Gasteiger partial charge in [-0.3, -0.25) is 4.90 Å². The molecule has 0 amide bonds. The molecule has 0 saturated heterocycles. The van der Waals surface area contributed by atoms with Crippen LogP contribution in [0.25, 0.3) is 0 Å². The summed E-state index contributed by atoms with van der Waals surface area (Å²) in [7, 11) is 0. The van der Waals surface area contributed by atoms with Crippen LogP contribution in [0.15, 0.2) is 0 Å². The first kappa shape index (κ1) is 15.9. The maximum absolute atomic E-state index is 10.3. The van der Waals surface area contributed by atoms with Gasteiger partial charge in [-0.15, -0.1) is 0 Å². The van der Waals surface area contributed by atoms with Gasteiger partial charge >= 0.3 is 0 Å². The maximum Gasteiger partial charge on any atom is 0.107 e. The van der Waals surface area contributed by atoms with E-state index in [1.807, 2.05) is 0 Å². The summed E-state index contributed by atoms with van der Waals surface area (Å²) in [5.74, 6) is 0. The van der Waals surface area contributed by atoms with E-state index in [1.165, 1.54) is 0 Å². The molecule has 16 heavy (non-hydrogen) atoms. The van der Waals surface area contributed by atoms with Crippen LogP contribution in [-0.2, 0) is 0 Å². The highest BCUT2D eigenvalue weighted by Crippen LogP contribution is 2.20. The Labute approximate surface area is 102 Å². The molecule has 0 bridgehead atoms. The molecule has 0 spiro atoms. The van der Waals surface area contributed by atoms with Crippen LogP contribution in [0, 0.1) is 0 Å². The highest BCUT2D eigenvalue weighted by Gasteiger charge is 2.25. The van der Waals surface area contributed by atoms with E-state index in [9.17, 15) is 5.11 Å². The van der Waals surface area contributed by atoms with Crippen LogP contribution in [0.1, 0.15) is 73.1 Å². The zero-order valence-electron chi connectivity index (χ0n) is 11.9. The molecule has 0 aliphatic carbocycles. The second kappa shape index (κ2) is 9.00. The molecule has 0 saturated carbocycles. The smallest absolute Gasteiger partial charge is 0.107 e. The second-order valence-corrected chi connectivity index (χ2v) is 4.80. The van der Waals surface area contributed by atoms with Crippen LogP contribution in [0.2, 0.25) is 0 Å². The van der Waals surface area contributed by atoms with Gasteiger partial charge in [-0.2, -0.15) is 0 Å². The van der Waals surface area contributed by atoms with E-state index in [1.54, 1.807) is 0 Å². The molecule has 2 unspecified atom stereocenters. The monoisotopic (exact) mass is 229 g/mol. The summed E-state index contributed by atoms with van der Waals surface area (Å²) in [5, 5.41) is 10.3. The third-order valence-electron chi connectivity index (χ3n) is 3.62. The standard InChI is InChI=1S/C14H31NO/c1-6-10-11-14(16)15(12(5)7-2)13(8-3)9-4/h12-14,16H,6-11H2,1-5H3. The Morgan fingerprint density at radius 1 is 1.00 bits per heavy atom. The van der Waals surface area contributed by atoms with Crippen molar-refractivity contribution in [2.45, 2.75) is 91.5 Å². The van der Waals surface area contributed by atoms with Gasteiger partial charge in [-0.05, 0) is 39.0 Å².